The van der Waals surface area contributed by atoms with Crippen LogP contribution in [0.3, 0.4) is 0 Å². The van der Waals surface area contributed by atoms with Crippen molar-refractivity contribution < 1.29 is 4.79 Å². The Balaban J connectivity index is 2.15. The van der Waals surface area contributed by atoms with Crippen molar-refractivity contribution in [1.82, 2.24) is 15.5 Å². The van der Waals surface area contributed by atoms with Crippen LogP contribution >= 0.6 is 12.2 Å². The summed E-state index contributed by atoms with van der Waals surface area (Å²) in [4.78, 5) is 12.5. The van der Waals surface area contributed by atoms with E-state index in [0.717, 1.165) is 25.7 Å². The number of nitrogens with zero attached hydrogens (tertiary/aromatic N) is 1. The van der Waals surface area contributed by atoms with Crippen molar-refractivity contribution in [2.24, 2.45) is 5.73 Å². The summed E-state index contributed by atoms with van der Waals surface area (Å²) in [5.41, 5.74) is 5.77. The van der Waals surface area contributed by atoms with Gasteiger partial charge in [0.1, 0.15) is 5.69 Å². The van der Waals surface area contributed by atoms with Crippen LogP contribution in [0.1, 0.15) is 49.0 Å². The molecule has 1 saturated carbocycles. The summed E-state index contributed by atoms with van der Waals surface area (Å²) in [7, 11) is 0. The molecule has 1 aromatic rings. The number of amides is 1. The van der Waals surface area contributed by atoms with Crippen molar-refractivity contribution in [2.45, 2.75) is 44.1 Å². The Labute approximate surface area is 112 Å². The number of carbonyl (C=O) groups is 1. The van der Waals surface area contributed by atoms with Crippen molar-refractivity contribution in [3.05, 3.63) is 18.0 Å². The molecule has 0 radical (unpaired) electrons. The van der Waals surface area contributed by atoms with Gasteiger partial charge in [0.25, 0.3) is 5.91 Å². The summed E-state index contributed by atoms with van der Waals surface area (Å²) >= 11 is 5.17. The molecule has 0 bridgehead atoms. The molecule has 1 aliphatic carbocycles. The number of thiocarbonyl (C=S) groups is 1. The number of rotatable bonds is 3. The van der Waals surface area contributed by atoms with Crippen molar-refractivity contribution >= 4 is 23.1 Å². The molecule has 0 saturated heterocycles. The fourth-order valence-electron chi connectivity index (χ4n) is 2.43. The highest BCUT2D eigenvalue weighted by Crippen LogP contribution is 2.27. The number of nitrogens with one attached hydrogen (secondary N) is 2. The molecule has 1 aromatic heterocycles. The van der Waals surface area contributed by atoms with E-state index in [4.69, 9.17) is 18.0 Å². The van der Waals surface area contributed by atoms with E-state index in [-0.39, 0.29) is 5.91 Å². The van der Waals surface area contributed by atoms with E-state index in [0.29, 0.717) is 10.7 Å². The van der Waals surface area contributed by atoms with Gasteiger partial charge in [0.15, 0.2) is 0 Å². The average molecular weight is 266 g/mol. The highest BCUT2D eigenvalue weighted by molar-refractivity contribution is 7.80. The van der Waals surface area contributed by atoms with Crippen LogP contribution in [0.25, 0.3) is 0 Å². The van der Waals surface area contributed by atoms with Crippen LogP contribution < -0.4 is 11.1 Å². The van der Waals surface area contributed by atoms with Gasteiger partial charge in [0.05, 0.1) is 10.5 Å². The second-order valence-electron chi connectivity index (χ2n) is 4.79. The first-order valence-corrected chi connectivity index (χ1v) is 6.67. The number of hydrogen-bond acceptors (Lipinski definition) is 3. The minimum atomic E-state index is -0.534. The number of H-pyrrole nitrogens is 1. The zero-order chi connectivity index (χ0) is 13.0. The second-order valence-corrected chi connectivity index (χ2v) is 5.22. The van der Waals surface area contributed by atoms with Crippen LogP contribution in [0.4, 0.5) is 0 Å². The highest BCUT2D eigenvalue weighted by Gasteiger charge is 2.35. The van der Waals surface area contributed by atoms with E-state index in [9.17, 15) is 4.79 Å². The van der Waals surface area contributed by atoms with Crippen LogP contribution in [0.2, 0.25) is 0 Å². The van der Waals surface area contributed by atoms with E-state index in [1.54, 1.807) is 12.3 Å². The summed E-state index contributed by atoms with van der Waals surface area (Å²) in [6, 6.07) is 1.64. The van der Waals surface area contributed by atoms with Gasteiger partial charge in [0, 0.05) is 6.20 Å². The van der Waals surface area contributed by atoms with Gasteiger partial charge in [-0.3, -0.25) is 9.89 Å². The summed E-state index contributed by atoms with van der Waals surface area (Å²) in [6.45, 7) is 0. The molecule has 1 heterocycles. The van der Waals surface area contributed by atoms with Gasteiger partial charge < -0.3 is 11.1 Å². The molecule has 0 spiro atoms. The normalized spacial score (nSPS) is 18.9. The van der Waals surface area contributed by atoms with Crippen LogP contribution in [0.15, 0.2) is 12.3 Å². The zero-order valence-electron chi connectivity index (χ0n) is 10.2. The monoisotopic (exact) mass is 266 g/mol. The molecule has 5 nitrogen and oxygen atoms in total. The van der Waals surface area contributed by atoms with Crippen LogP contribution in [-0.2, 0) is 0 Å². The Morgan fingerprint density at radius 2 is 2.06 bits per heavy atom. The Morgan fingerprint density at radius 3 is 2.56 bits per heavy atom. The van der Waals surface area contributed by atoms with Gasteiger partial charge in [-0.2, -0.15) is 5.10 Å². The number of nitrogens with two attached hydrogens (primary N) is 1. The summed E-state index contributed by atoms with van der Waals surface area (Å²) < 4.78 is 0. The third kappa shape index (κ3) is 2.69. The fourth-order valence-corrected chi connectivity index (χ4v) is 2.69. The standard InChI is InChI=1S/C12H18N4OS/c13-11(18)12(6-3-1-2-4-7-12)15-10(17)9-5-8-14-16-9/h5,8H,1-4,6-7H2,(H2,13,18)(H,14,16)(H,15,17). The second kappa shape index (κ2) is 5.48. The number of carbonyl (C=O) groups excluding carboxylic acids is 1. The average Bonchev–Trinajstić information content (AvgIpc) is 2.77. The lowest BCUT2D eigenvalue weighted by atomic mass is 9.90. The van der Waals surface area contributed by atoms with Crippen LogP contribution in [0, 0.1) is 0 Å². The summed E-state index contributed by atoms with van der Waals surface area (Å²) in [5, 5.41) is 9.42. The van der Waals surface area contributed by atoms with Crippen LogP contribution in [0.5, 0.6) is 0 Å². The Bertz CT molecular complexity index is 421. The highest BCUT2D eigenvalue weighted by atomic mass is 32.1. The molecule has 18 heavy (non-hydrogen) atoms. The molecule has 1 amide bonds. The van der Waals surface area contributed by atoms with E-state index in [1.807, 2.05) is 0 Å². The molecule has 0 unspecified atom stereocenters. The molecule has 0 aliphatic heterocycles. The Kier molecular flexibility index (Phi) is 3.96. The number of hydrogen-bond donors (Lipinski definition) is 3. The predicted octanol–water partition coefficient (Wildman–Crippen LogP) is 1.52. The maximum absolute atomic E-state index is 12.1. The first-order chi connectivity index (χ1) is 8.64. The molecule has 0 atom stereocenters. The predicted molar refractivity (Wildman–Crippen MR) is 73.3 cm³/mol. The van der Waals surface area contributed by atoms with Gasteiger partial charge in [-0.15, -0.1) is 0 Å². The molecule has 1 aliphatic rings. The fraction of sp³-hybridized carbons (Fsp3) is 0.583. The number of aromatic amines is 1. The third-order valence-corrected chi connectivity index (χ3v) is 3.92. The van der Waals surface area contributed by atoms with Crippen LogP contribution in [-0.4, -0.2) is 26.6 Å². The van der Waals surface area contributed by atoms with Gasteiger partial charge in [-0.1, -0.05) is 37.9 Å². The molecule has 4 N–H and O–H groups in total. The van der Waals surface area contributed by atoms with Gasteiger partial charge in [0.2, 0.25) is 0 Å². The summed E-state index contributed by atoms with van der Waals surface area (Å²) in [6.07, 6.45) is 7.62. The van der Waals surface area contributed by atoms with Crippen molar-refractivity contribution in [1.29, 1.82) is 0 Å². The quantitative estimate of drug-likeness (QED) is 0.572. The Hall–Kier alpha value is -1.43. The Morgan fingerprint density at radius 1 is 1.39 bits per heavy atom. The molecule has 0 aromatic carbocycles. The third-order valence-electron chi connectivity index (χ3n) is 3.53. The SMILES string of the molecule is NC(=S)C1(NC(=O)c2ccn[nH]2)CCCCCC1. The van der Waals surface area contributed by atoms with E-state index in [2.05, 4.69) is 15.5 Å². The van der Waals surface area contributed by atoms with Gasteiger partial charge in [-0.05, 0) is 18.9 Å². The van der Waals surface area contributed by atoms with Gasteiger partial charge in [-0.25, -0.2) is 0 Å². The van der Waals surface area contributed by atoms with Crippen molar-refractivity contribution in [3.8, 4) is 0 Å². The van der Waals surface area contributed by atoms with Crippen molar-refractivity contribution in [2.75, 3.05) is 0 Å². The number of aromatic nitrogens is 2. The maximum atomic E-state index is 12.1. The summed E-state index contributed by atoms with van der Waals surface area (Å²) in [5.74, 6) is -0.192. The molecule has 2 rings (SSSR count). The molecular weight excluding hydrogens is 248 g/mol. The van der Waals surface area contributed by atoms with Crippen molar-refractivity contribution in [3.63, 3.8) is 0 Å². The molecular formula is C12H18N4OS. The van der Waals surface area contributed by atoms with Gasteiger partial charge >= 0.3 is 0 Å². The lowest BCUT2D eigenvalue weighted by Gasteiger charge is -2.32. The lowest BCUT2D eigenvalue weighted by molar-refractivity contribution is 0.0912. The molecule has 98 valence electrons. The zero-order valence-corrected chi connectivity index (χ0v) is 11.1. The topological polar surface area (TPSA) is 83.8 Å². The first kappa shape index (κ1) is 13.0. The first-order valence-electron chi connectivity index (χ1n) is 6.26. The smallest absolute Gasteiger partial charge is 0.270 e. The molecule has 1 fully saturated rings. The van der Waals surface area contributed by atoms with E-state index < -0.39 is 5.54 Å². The minimum Gasteiger partial charge on any atom is -0.391 e. The lowest BCUT2D eigenvalue weighted by Crippen LogP contribution is -2.56. The largest absolute Gasteiger partial charge is 0.391 e. The minimum absolute atomic E-state index is 0.192. The van der Waals surface area contributed by atoms with E-state index in [1.165, 1.54) is 12.8 Å². The molecule has 6 heteroatoms. The maximum Gasteiger partial charge on any atom is 0.270 e. The van der Waals surface area contributed by atoms with E-state index >= 15 is 0 Å².